The van der Waals surface area contributed by atoms with Crippen molar-refractivity contribution in [3.05, 3.63) is 0 Å². The van der Waals surface area contributed by atoms with Crippen LogP contribution in [0, 0.1) is 17.8 Å². The monoisotopic (exact) mass is 457 g/mol. The summed E-state index contributed by atoms with van der Waals surface area (Å²) in [4.78, 5) is 24.4. The van der Waals surface area contributed by atoms with Gasteiger partial charge in [0, 0.05) is 19.1 Å². The lowest BCUT2D eigenvalue weighted by molar-refractivity contribution is -0.143. The van der Waals surface area contributed by atoms with Gasteiger partial charge in [-0.15, -0.1) is 0 Å². The van der Waals surface area contributed by atoms with Gasteiger partial charge in [0.2, 0.25) is 0 Å². The minimum absolute atomic E-state index is 0.0821. The molecule has 2 heterocycles. The number of carbonyl (C=O) groups is 2. The van der Waals surface area contributed by atoms with Gasteiger partial charge < -0.3 is 15.5 Å². The number of aliphatic carboxylic acids is 2. The molecule has 0 radical (unpaired) electrons. The zero-order valence-corrected chi connectivity index (χ0v) is 17.0. The summed E-state index contributed by atoms with van der Waals surface area (Å²) in [6, 6.07) is -2.81. The summed E-state index contributed by atoms with van der Waals surface area (Å²) < 4.78 is 62.2. The van der Waals surface area contributed by atoms with E-state index in [0.29, 0.717) is 25.4 Å². The average Bonchev–Trinajstić information content (AvgIpc) is 3.01. The van der Waals surface area contributed by atoms with Crippen LogP contribution in [0.25, 0.3) is 0 Å². The lowest BCUT2D eigenvalue weighted by Crippen LogP contribution is -2.50. The average molecular weight is 457 g/mol. The largest absolute Gasteiger partial charge is 0.511 e. The van der Waals surface area contributed by atoms with Gasteiger partial charge in [-0.05, 0) is 56.4 Å². The Kier molecular flexibility index (Phi) is 6.65. The second-order valence-corrected chi connectivity index (χ2v) is 10.2. The maximum atomic E-state index is 12.6. The first kappa shape index (κ1) is 23.2. The van der Waals surface area contributed by atoms with E-state index in [-0.39, 0.29) is 24.8 Å². The first-order chi connectivity index (χ1) is 13.9. The predicted molar refractivity (Wildman–Crippen MR) is 97.9 cm³/mol. The molecule has 1 saturated carbocycles. The fourth-order valence-corrected chi connectivity index (χ4v) is 5.82. The van der Waals surface area contributed by atoms with Crippen molar-refractivity contribution in [1.82, 2.24) is 14.9 Å². The first-order valence-corrected chi connectivity index (χ1v) is 11.4. The fraction of sp³-hybridized carbons (Fsp3) is 0.882. The number of carboxylic acids is 2. The van der Waals surface area contributed by atoms with Gasteiger partial charge >= 0.3 is 27.5 Å². The Labute approximate surface area is 172 Å². The Morgan fingerprint density at radius 3 is 2.37 bits per heavy atom. The van der Waals surface area contributed by atoms with Gasteiger partial charge in [-0.1, -0.05) is 0 Å². The van der Waals surface area contributed by atoms with Crippen molar-refractivity contribution < 1.29 is 41.4 Å². The van der Waals surface area contributed by atoms with E-state index < -0.39 is 45.6 Å². The summed E-state index contributed by atoms with van der Waals surface area (Å²) in [6.45, 7) is 0.836. The number of carboxylic acid groups (broad SMARTS) is 2. The molecule has 3 rings (SSSR count). The van der Waals surface area contributed by atoms with Crippen molar-refractivity contribution in [3.63, 3.8) is 0 Å². The number of fused-ring (bicyclic) bond motifs is 1. The third-order valence-electron chi connectivity index (χ3n) is 6.52. The summed E-state index contributed by atoms with van der Waals surface area (Å²) in [7, 11) is -5.55. The second-order valence-electron chi connectivity index (χ2n) is 8.54. The van der Waals surface area contributed by atoms with Crippen LogP contribution >= 0.6 is 0 Å². The van der Waals surface area contributed by atoms with Gasteiger partial charge in [-0.2, -0.15) is 13.2 Å². The van der Waals surface area contributed by atoms with Crippen molar-refractivity contribution in [3.8, 4) is 0 Å². The molecule has 3 fully saturated rings. The molecule has 1 aliphatic carbocycles. The SMILES string of the molecule is O=C(O)C1CC2CC(CN3CC(NS(=O)(=O)C(F)(F)F)CC3C(=O)O)CCC2CN1. The number of likely N-dealkylation sites (tertiary alicyclic amines) is 1. The van der Waals surface area contributed by atoms with Gasteiger partial charge in [0.15, 0.2) is 0 Å². The van der Waals surface area contributed by atoms with Crippen LogP contribution in [0.5, 0.6) is 0 Å². The Bertz CT molecular complexity index is 777. The summed E-state index contributed by atoms with van der Waals surface area (Å²) >= 11 is 0. The van der Waals surface area contributed by atoms with E-state index in [4.69, 9.17) is 0 Å². The second kappa shape index (κ2) is 8.60. The van der Waals surface area contributed by atoms with Crippen molar-refractivity contribution in [2.24, 2.45) is 17.8 Å². The Hall–Kier alpha value is -1.44. The molecule has 0 aromatic rings. The van der Waals surface area contributed by atoms with E-state index in [2.05, 4.69) is 5.32 Å². The molecule has 2 aliphatic heterocycles. The zero-order valence-electron chi connectivity index (χ0n) is 16.1. The van der Waals surface area contributed by atoms with Crippen LogP contribution in [-0.4, -0.2) is 78.7 Å². The number of hydrogen-bond acceptors (Lipinski definition) is 6. The number of nitrogens with one attached hydrogen (secondary N) is 2. The summed E-state index contributed by atoms with van der Waals surface area (Å²) in [5, 5.41) is 21.7. The molecule has 0 aromatic heterocycles. The maximum absolute atomic E-state index is 12.6. The van der Waals surface area contributed by atoms with E-state index >= 15 is 0 Å². The van der Waals surface area contributed by atoms with Crippen LogP contribution in [0.1, 0.15) is 32.1 Å². The lowest BCUT2D eigenvalue weighted by atomic mass is 9.69. The summed E-state index contributed by atoms with van der Waals surface area (Å²) in [6.07, 6.45) is 2.64. The smallest absolute Gasteiger partial charge is 0.480 e. The molecule has 0 bridgehead atoms. The molecular weight excluding hydrogens is 431 g/mol. The quantitative estimate of drug-likeness (QED) is 0.451. The van der Waals surface area contributed by atoms with Gasteiger partial charge in [-0.25, -0.2) is 13.1 Å². The van der Waals surface area contributed by atoms with Crippen LogP contribution in [0.4, 0.5) is 13.2 Å². The van der Waals surface area contributed by atoms with Gasteiger partial charge in [-0.3, -0.25) is 14.5 Å². The number of hydrogen-bond donors (Lipinski definition) is 4. The van der Waals surface area contributed by atoms with Crippen molar-refractivity contribution in [2.75, 3.05) is 19.6 Å². The van der Waals surface area contributed by atoms with Crippen molar-refractivity contribution in [1.29, 1.82) is 0 Å². The van der Waals surface area contributed by atoms with E-state index in [1.54, 1.807) is 4.72 Å². The maximum Gasteiger partial charge on any atom is 0.511 e. The lowest BCUT2D eigenvalue weighted by Gasteiger charge is -2.42. The number of nitrogens with zero attached hydrogens (tertiary/aromatic N) is 1. The standard InChI is InChI=1S/C17H26F3N3O6S/c18-17(19,20)30(28,29)22-12-5-14(16(26)27)23(8-12)7-9-1-2-10-6-21-13(15(24)25)4-11(10)3-9/h9-14,21-22H,1-8H2,(H,24,25)(H,26,27). The van der Waals surface area contributed by atoms with E-state index in [9.17, 15) is 41.4 Å². The summed E-state index contributed by atoms with van der Waals surface area (Å²) in [5.74, 6) is -1.47. The highest BCUT2D eigenvalue weighted by Crippen LogP contribution is 2.39. The Morgan fingerprint density at radius 2 is 1.77 bits per heavy atom. The normalized spacial score (nSPS) is 35.7. The number of sulfonamides is 1. The number of halogens is 3. The molecular formula is C17H26F3N3O6S. The van der Waals surface area contributed by atoms with Gasteiger partial charge in [0.25, 0.3) is 0 Å². The van der Waals surface area contributed by atoms with Crippen LogP contribution in [-0.2, 0) is 19.6 Å². The van der Waals surface area contributed by atoms with E-state index in [1.165, 1.54) is 4.90 Å². The van der Waals surface area contributed by atoms with Crippen molar-refractivity contribution in [2.45, 2.75) is 55.7 Å². The van der Waals surface area contributed by atoms with Crippen LogP contribution < -0.4 is 10.0 Å². The van der Waals surface area contributed by atoms with Crippen LogP contribution in [0.3, 0.4) is 0 Å². The van der Waals surface area contributed by atoms with E-state index in [0.717, 1.165) is 19.3 Å². The molecule has 6 atom stereocenters. The molecule has 3 aliphatic rings. The highest BCUT2D eigenvalue weighted by atomic mass is 32.2. The topological polar surface area (TPSA) is 136 Å². The number of alkyl halides is 3. The molecule has 9 nitrogen and oxygen atoms in total. The molecule has 2 saturated heterocycles. The van der Waals surface area contributed by atoms with Gasteiger partial charge in [0.05, 0.1) is 0 Å². The predicted octanol–water partition coefficient (Wildman–Crippen LogP) is 0.432. The molecule has 0 aromatic carbocycles. The van der Waals surface area contributed by atoms with Gasteiger partial charge in [0.1, 0.15) is 12.1 Å². The first-order valence-electron chi connectivity index (χ1n) is 9.89. The molecule has 0 amide bonds. The highest BCUT2D eigenvalue weighted by molar-refractivity contribution is 7.90. The number of piperidine rings is 1. The minimum Gasteiger partial charge on any atom is -0.480 e. The Morgan fingerprint density at radius 1 is 1.07 bits per heavy atom. The molecule has 0 spiro atoms. The third-order valence-corrected chi connectivity index (χ3v) is 7.77. The summed E-state index contributed by atoms with van der Waals surface area (Å²) in [5.41, 5.74) is -5.45. The molecule has 13 heteroatoms. The number of rotatable bonds is 6. The van der Waals surface area contributed by atoms with E-state index in [1.807, 2.05) is 0 Å². The molecule has 4 N–H and O–H groups in total. The van der Waals surface area contributed by atoms with Crippen LogP contribution in [0.2, 0.25) is 0 Å². The molecule has 6 unspecified atom stereocenters. The molecule has 30 heavy (non-hydrogen) atoms. The zero-order chi connectivity index (χ0) is 22.3. The Balaban J connectivity index is 1.62. The highest BCUT2D eigenvalue weighted by Gasteiger charge is 2.49. The van der Waals surface area contributed by atoms with Crippen molar-refractivity contribution >= 4 is 22.0 Å². The van der Waals surface area contributed by atoms with Crippen LogP contribution in [0.15, 0.2) is 0 Å². The minimum atomic E-state index is -5.55. The molecule has 172 valence electrons. The fourth-order valence-electron chi connectivity index (χ4n) is 5.08. The third kappa shape index (κ3) is 5.06.